The predicted molar refractivity (Wildman–Crippen MR) is 76.7 cm³/mol. The molecule has 2 bridgehead atoms. The summed E-state index contributed by atoms with van der Waals surface area (Å²) in [5.74, 6) is 0.0241. The summed E-state index contributed by atoms with van der Waals surface area (Å²) in [4.78, 5) is 20.5. The number of hydroxylamine groups is 2. The number of hydrogen-bond acceptors (Lipinski definition) is 3. The van der Waals surface area contributed by atoms with Gasteiger partial charge in [-0.25, -0.2) is 5.06 Å². The molecule has 0 radical (unpaired) electrons. The molecule has 4 heteroatoms. The molecule has 20 heavy (non-hydrogen) atoms. The Bertz CT molecular complexity index is 500. The molecule has 0 N–H and O–H groups in total. The van der Waals surface area contributed by atoms with E-state index in [9.17, 15) is 4.79 Å². The molecule has 0 aromatic heterocycles. The Labute approximate surface area is 119 Å². The van der Waals surface area contributed by atoms with Crippen molar-refractivity contribution in [3.05, 3.63) is 48.0 Å². The van der Waals surface area contributed by atoms with Gasteiger partial charge in [-0.2, -0.15) is 0 Å². The molecule has 2 aliphatic rings. The highest BCUT2D eigenvalue weighted by molar-refractivity contribution is 5.77. The first-order chi connectivity index (χ1) is 9.78. The molecule has 1 aromatic rings. The molecule has 4 nitrogen and oxygen atoms in total. The van der Waals surface area contributed by atoms with Crippen LogP contribution in [0, 0.1) is 0 Å². The van der Waals surface area contributed by atoms with Crippen molar-refractivity contribution >= 4 is 5.91 Å². The number of nitrogens with zero attached hydrogens (tertiary/aromatic N) is 2. The fourth-order valence-corrected chi connectivity index (χ4v) is 2.90. The first-order valence-corrected chi connectivity index (χ1v) is 7.19. The fraction of sp³-hybridized carbons (Fsp3) is 0.438. The summed E-state index contributed by atoms with van der Waals surface area (Å²) in [7, 11) is 0. The largest absolute Gasteiger partial charge is 0.274 e. The molecular formula is C16H20N2O2. The Kier molecular flexibility index (Phi) is 3.85. The van der Waals surface area contributed by atoms with Gasteiger partial charge in [-0.3, -0.25) is 14.5 Å². The quantitative estimate of drug-likeness (QED) is 0.789. The summed E-state index contributed by atoms with van der Waals surface area (Å²) in [5, 5.41) is 1.52. The van der Waals surface area contributed by atoms with Gasteiger partial charge in [0.05, 0.1) is 6.42 Å². The van der Waals surface area contributed by atoms with Crippen LogP contribution in [-0.2, 0) is 16.1 Å². The van der Waals surface area contributed by atoms with Crippen molar-refractivity contribution in [2.45, 2.75) is 31.9 Å². The molecule has 0 aliphatic carbocycles. The van der Waals surface area contributed by atoms with Gasteiger partial charge >= 0.3 is 0 Å². The standard InChI is InChI=1S/C16H20N2O2/c1-2-14-15-9-6-10-17(14)12-18(20-15)16(19)11-13-7-4-3-5-8-13/h3-9,14-15H,2,10-12H2,1H3/t14-,15+/m1/s1. The minimum Gasteiger partial charge on any atom is -0.274 e. The number of amides is 1. The fourth-order valence-electron chi connectivity index (χ4n) is 2.90. The maximum atomic E-state index is 12.3. The molecule has 3 rings (SSSR count). The normalized spacial score (nSPS) is 28.4. The van der Waals surface area contributed by atoms with E-state index < -0.39 is 0 Å². The zero-order valence-corrected chi connectivity index (χ0v) is 11.7. The van der Waals surface area contributed by atoms with Crippen LogP contribution >= 0.6 is 0 Å². The van der Waals surface area contributed by atoms with E-state index in [4.69, 9.17) is 4.84 Å². The third-order valence-electron chi connectivity index (χ3n) is 3.97. The van der Waals surface area contributed by atoms with Crippen LogP contribution in [0.2, 0.25) is 0 Å². The monoisotopic (exact) mass is 272 g/mol. The van der Waals surface area contributed by atoms with Crippen molar-refractivity contribution in [2.75, 3.05) is 13.2 Å². The van der Waals surface area contributed by atoms with Crippen molar-refractivity contribution in [1.29, 1.82) is 0 Å². The third-order valence-corrected chi connectivity index (χ3v) is 3.97. The van der Waals surface area contributed by atoms with Crippen LogP contribution in [0.15, 0.2) is 42.5 Å². The van der Waals surface area contributed by atoms with Gasteiger partial charge in [0.25, 0.3) is 5.91 Å². The Morgan fingerprint density at radius 3 is 2.85 bits per heavy atom. The van der Waals surface area contributed by atoms with Crippen LogP contribution in [0.1, 0.15) is 18.9 Å². The van der Waals surface area contributed by atoms with Crippen LogP contribution in [0.5, 0.6) is 0 Å². The van der Waals surface area contributed by atoms with Crippen LogP contribution in [-0.4, -0.2) is 41.2 Å². The van der Waals surface area contributed by atoms with Crippen molar-refractivity contribution in [2.24, 2.45) is 0 Å². The van der Waals surface area contributed by atoms with E-state index in [1.165, 1.54) is 5.06 Å². The number of carbonyl (C=O) groups excluding carboxylic acids is 1. The molecule has 1 saturated heterocycles. The topological polar surface area (TPSA) is 32.8 Å². The SMILES string of the molecule is CC[C@@H]1[C@@H]2C=CCN1CN(C(=O)Cc1ccccc1)O2. The van der Waals surface area contributed by atoms with Gasteiger partial charge < -0.3 is 0 Å². The van der Waals surface area contributed by atoms with Crippen molar-refractivity contribution in [3.63, 3.8) is 0 Å². The average molecular weight is 272 g/mol. The Hall–Kier alpha value is -1.65. The first-order valence-electron chi connectivity index (χ1n) is 7.19. The lowest BCUT2D eigenvalue weighted by Gasteiger charge is -2.46. The van der Waals surface area contributed by atoms with Crippen molar-refractivity contribution in [1.82, 2.24) is 9.96 Å². The number of benzene rings is 1. The van der Waals surface area contributed by atoms with Crippen molar-refractivity contribution in [3.8, 4) is 0 Å². The third kappa shape index (κ3) is 2.62. The average Bonchev–Trinajstić information content (AvgIpc) is 2.46. The van der Waals surface area contributed by atoms with E-state index in [-0.39, 0.29) is 12.0 Å². The Balaban J connectivity index is 1.67. The molecule has 1 fully saturated rings. The highest BCUT2D eigenvalue weighted by Gasteiger charge is 2.37. The maximum absolute atomic E-state index is 12.3. The lowest BCUT2D eigenvalue weighted by molar-refractivity contribution is -0.252. The predicted octanol–water partition coefficient (Wildman–Crippen LogP) is 1.98. The smallest absolute Gasteiger partial charge is 0.251 e. The zero-order chi connectivity index (χ0) is 13.9. The molecule has 3 atom stereocenters. The number of carbonyl (C=O) groups is 1. The van der Waals surface area contributed by atoms with Crippen LogP contribution in [0.3, 0.4) is 0 Å². The van der Waals surface area contributed by atoms with Gasteiger partial charge in [-0.05, 0) is 12.0 Å². The molecule has 2 heterocycles. The molecule has 0 spiro atoms. The summed E-state index contributed by atoms with van der Waals surface area (Å²) in [5.41, 5.74) is 1.02. The van der Waals surface area contributed by atoms with Gasteiger partial charge in [-0.1, -0.05) is 49.4 Å². The van der Waals surface area contributed by atoms with Crippen LogP contribution < -0.4 is 0 Å². The minimum atomic E-state index is 0.00206. The number of hydrogen-bond donors (Lipinski definition) is 0. The maximum Gasteiger partial charge on any atom is 0.251 e. The molecule has 106 valence electrons. The number of fused-ring (bicyclic) bond motifs is 2. The van der Waals surface area contributed by atoms with Gasteiger partial charge in [-0.15, -0.1) is 0 Å². The number of rotatable bonds is 3. The highest BCUT2D eigenvalue weighted by Crippen LogP contribution is 2.24. The molecule has 1 amide bonds. The van der Waals surface area contributed by atoms with Gasteiger partial charge in [0, 0.05) is 12.6 Å². The van der Waals surface area contributed by atoms with Crippen LogP contribution in [0.4, 0.5) is 0 Å². The molecule has 1 unspecified atom stereocenters. The van der Waals surface area contributed by atoms with E-state index in [1.807, 2.05) is 30.3 Å². The van der Waals surface area contributed by atoms with E-state index in [0.29, 0.717) is 19.1 Å². The summed E-state index contributed by atoms with van der Waals surface area (Å²) in [6, 6.07) is 10.2. The lowest BCUT2D eigenvalue weighted by Crippen LogP contribution is -2.59. The molecule has 1 aromatic carbocycles. The first kappa shape index (κ1) is 13.3. The van der Waals surface area contributed by atoms with Gasteiger partial charge in [0.1, 0.15) is 12.8 Å². The highest BCUT2D eigenvalue weighted by atomic mass is 16.7. The van der Waals surface area contributed by atoms with E-state index >= 15 is 0 Å². The molecular weight excluding hydrogens is 252 g/mol. The van der Waals surface area contributed by atoms with Gasteiger partial charge in [0.15, 0.2) is 0 Å². The van der Waals surface area contributed by atoms with Gasteiger partial charge in [0.2, 0.25) is 0 Å². The minimum absolute atomic E-state index is 0.00206. The summed E-state index contributed by atoms with van der Waals surface area (Å²) in [6.45, 7) is 3.62. The second-order valence-corrected chi connectivity index (χ2v) is 5.32. The molecule has 2 aliphatic heterocycles. The van der Waals surface area contributed by atoms with E-state index in [0.717, 1.165) is 18.5 Å². The summed E-state index contributed by atoms with van der Waals surface area (Å²) < 4.78 is 0. The second kappa shape index (κ2) is 5.77. The van der Waals surface area contributed by atoms with E-state index in [1.54, 1.807) is 0 Å². The van der Waals surface area contributed by atoms with Crippen LogP contribution in [0.25, 0.3) is 0 Å². The molecule has 0 saturated carbocycles. The lowest BCUT2D eigenvalue weighted by atomic mass is 10.0. The Morgan fingerprint density at radius 1 is 1.35 bits per heavy atom. The summed E-state index contributed by atoms with van der Waals surface area (Å²) in [6.07, 6.45) is 5.63. The summed E-state index contributed by atoms with van der Waals surface area (Å²) >= 11 is 0. The zero-order valence-electron chi connectivity index (χ0n) is 11.7. The second-order valence-electron chi connectivity index (χ2n) is 5.32. The van der Waals surface area contributed by atoms with E-state index in [2.05, 4.69) is 24.0 Å². The Morgan fingerprint density at radius 2 is 2.15 bits per heavy atom. The van der Waals surface area contributed by atoms with Crippen molar-refractivity contribution < 1.29 is 9.63 Å².